The van der Waals surface area contributed by atoms with Crippen LogP contribution in [0.15, 0.2) is 59.7 Å². The molecule has 0 aliphatic carbocycles. The van der Waals surface area contributed by atoms with Gasteiger partial charge in [-0.3, -0.25) is 4.79 Å². The Labute approximate surface area is 239 Å². The van der Waals surface area contributed by atoms with Crippen LogP contribution in [0.3, 0.4) is 0 Å². The van der Waals surface area contributed by atoms with Crippen LogP contribution in [0.2, 0.25) is 0 Å². The molecule has 3 aliphatic rings. The number of nitrogens with one attached hydrogen (secondary N) is 2. The summed E-state index contributed by atoms with van der Waals surface area (Å²) in [5, 5.41) is 17.0. The molecule has 1 aromatic heterocycles. The van der Waals surface area contributed by atoms with Gasteiger partial charge < -0.3 is 30.1 Å². The number of fused-ring (bicyclic) bond motifs is 1. The van der Waals surface area contributed by atoms with Crippen LogP contribution in [0.4, 0.5) is 17.5 Å². The summed E-state index contributed by atoms with van der Waals surface area (Å²) >= 11 is 0. The summed E-state index contributed by atoms with van der Waals surface area (Å²) < 4.78 is 11.7. The first-order chi connectivity index (χ1) is 19.8. The molecular weight excluding hydrogens is 520 g/mol. The molecule has 6 rings (SSSR count). The Morgan fingerprint density at radius 1 is 1.10 bits per heavy atom. The van der Waals surface area contributed by atoms with Gasteiger partial charge in [-0.25, -0.2) is 9.98 Å². The Bertz CT molecular complexity index is 1470. The van der Waals surface area contributed by atoms with Crippen molar-refractivity contribution in [1.82, 2.24) is 14.9 Å². The van der Waals surface area contributed by atoms with E-state index in [4.69, 9.17) is 19.5 Å². The summed E-state index contributed by atoms with van der Waals surface area (Å²) in [5.74, 6) is 1.40. The fourth-order valence-corrected chi connectivity index (χ4v) is 5.95. The number of ether oxygens (including phenoxy) is 2. The molecule has 10 heteroatoms. The number of hydrogen-bond donors (Lipinski definition) is 3. The Morgan fingerprint density at radius 3 is 2.61 bits per heavy atom. The number of carbonyl (C=O) groups is 1. The van der Waals surface area contributed by atoms with Crippen molar-refractivity contribution in [3.05, 3.63) is 77.0 Å². The first-order valence-corrected chi connectivity index (χ1v) is 14.2. The molecule has 214 valence electrons. The molecule has 3 N–H and O–H groups in total. The van der Waals surface area contributed by atoms with Crippen LogP contribution in [0.1, 0.15) is 66.7 Å². The lowest BCUT2D eigenvalue weighted by molar-refractivity contribution is 0.0442. The smallest absolute Gasteiger partial charge is 0.254 e. The van der Waals surface area contributed by atoms with Crippen molar-refractivity contribution < 1.29 is 19.4 Å². The number of aliphatic imine (C=N–C) groups is 1. The molecule has 1 amide bonds. The van der Waals surface area contributed by atoms with E-state index in [0.29, 0.717) is 55.2 Å². The van der Waals surface area contributed by atoms with Crippen LogP contribution in [0.5, 0.6) is 0 Å². The number of aromatic nitrogens is 2. The van der Waals surface area contributed by atoms with Crippen LogP contribution in [0, 0.1) is 0 Å². The minimum absolute atomic E-state index is 0.0433. The van der Waals surface area contributed by atoms with E-state index in [-0.39, 0.29) is 18.1 Å². The van der Waals surface area contributed by atoms with Gasteiger partial charge in [0, 0.05) is 37.2 Å². The zero-order valence-corrected chi connectivity index (χ0v) is 23.7. The van der Waals surface area contributed by atoms with Crippen LogP contribution < -0.4 is 10.6 Å². The lowest BCUT2D eigenvalue weighted by Crippen LogP contribution is -2.38. The van der Waals surface area contributed by atoms with Crippen molar-refractivity contribution >= 4 is 29.3 Å². The quantitative estimate of drug-likeness (QED) is 0.373. The van der Waals surface area contributed by atoms with Gasteiger partial charge in [-0.1, -0.05) is 30.3 Å². The molecule has 2 aromatic carbocycles. The number of nitrogens with zero attached hydrogens (tertiary/aromatic N) is 4. The van der Waals surface area contributed by atoms with E-state index in [9.17, 15) is 9.90 Å². The highest BCUT2D eigenvalue weighted by atomic mass is 16.5. The van der Waals surface area contributed by atoms with Crippen LogP contribution >= 0.6 is 0 Å². The third-order valence-electron chi connectivity index (χ3n) is 8.36. The number of rotatable bonds is 8. The van der Waals surface area contributed by atoms with Gasteiger partial charge in [0.1, 0.15) is 18.0 Å². The summed E-state index contributed by atoms with van der Waals surface area (Å²) in [6, 6.07) is 15.1. The highest BCUT2D eigenvalue weighted by Gasteiger charge is 2.42. The number of anilines is 3. The maximum Gasteiger partial charge on any atom is 0.254 e. The first-order valence-electron chi connectivity index (χ1n) is 14.2. The molecule has 4 heterocycles. The van der Waals surface area contributed by atoms with Gasteiger partial charge in [-0.05, 0) is 62.9 Å². The van der Waals surface area contributed by atoms with Crippen molar-refractivity contribution in [2.45, 2.75) is 50.7 Å². The molecule has 0 bridgehead atoms. The van der Waals surface area contributed by atoms with Gasteiger partial charge in [0.2, 0.25) is 11.8 Å². The monoisotopic (exact) mass is 556 g/mol. The lowest BCUT2D eigenvalue weighted by Gasteiger charge is -2.31. The van der Waals surface area contributed by atoms with Gasteiger partial charge in [-0.2, -0.15) is 4.98 Å². The first kappa shape index (κ1) is 27.2. The predicted molar refractivity (Wildman–Crippen MR) is 157 cm³/mol. The van der Waals surface area contributed by atoms with E-state index in [1.807, 2.05) is 60.4 Å². The average Bonchev–Trinajstić information content (AvgIpc) is 3.47. The lowest BCUT2D eigenvalue weighted by atomic mass is 9.92. The minimum atomic E-state index is -0.418. The van der Waals surface area contributed by atoms with Crippen LogP contribution in [0.25, 0.3) is 0 Å². The molecular formula is C31H36N6O4. The summed E-state index contributed by atoms with van der Waals surface area (Å²) in [6.07, 6.45) is 3.30. The largest absolute Gasteiger partial charge is 0.475 e. The fraction of sp³-hybridized carbons (Fsp3) is 0.419. The number of benzene rings is 2. The second-order valence-electron chi connectivity index (χ2n) is 11.3. The number of carbonyl (C=O) groups excluding carboxylic acids is 1. The minimum Gasteiger partial charge on any atom is -0.475 e. The molecule has 1 atom stereocenters. The van der Waals surface area contributed by atoms with Gasteiger partial charge in [0.15, 0.2) is 0 Å². The maximum atomic E-state index is 12.9. The summed E-state index contributed by atoms with van der Waals surface area (Å²) in [4.78, 5) is 29.2. The summed E-state index contributed by atoms with van der Waals surface area (Å²) in [6.45, 7) is 8.42. The highest BCUT2D eigenvalue weighted by Crippen LogP contribution is 2.40. The summed E-state index contributed by atoms with van der Waals surface area (Å²) in [7, 11) is 0. The predicted octanol–water partition coefficient (Wildman–Crippen LogP) is 4.40. The topological polar surface area (TPSA) is 121 Å². The molecule has 3 aromatic rings. The van der Waals surface area contributed by atoms with Gasteiger partial charge in [0.05, 0.1) is 23.8 Å². The summed E-state index contributed by atoms with van der Waals surface area (Å²) in [5.41, 5.74) is 3.30. The number of aliphatic hydroxyl groups excluding tert-OH is 1. The molecule has 1 spiro atoms. The van der Waals surface area contributed by atoms with E-state index < -0.39 is 11.6 Å². The molecule has 10 nitrogen and oxygen atoms in total. The third-order valence-corrected chi connectivity index (χ3v) is 8.36. The van der Waals surface area contributed by atoms with Crippen LogP contribution in [-0.4, -0.2) is 70.3 Å². The normalized spacial score (nSPS) is 19.5. The van der Waals surface area contributed by atoms with Crippen molar-refractivity contribution in [1.29, 1.82) is 0 Å². The molecule has 0 saturated carbocycles. The zero-order chi connectivity index (χ0) is 28.6. The van der Waals surface area contributed by atoms with E-state index in [1.165, 1.54) is 0 Å². The molecule has 0 unspecified atom stereocenters. The zero-order valence-electron chi connectivity index (χ0n) is 23.7. The SMILES string of the molecule is CCN1C(=O)c2ccc(Nc3ncc(C4=NC5(CCOCC5)CO4)c(N[C@H](CO)c4ccccc4)n3)cc2C1(C)C. The molecule has 1 fully saturated rings. The van der Waals surface area contributed by atoms with Gasteiger partial charge in [0.25, 0.3) is 5.91 Å². The fourth-order valence-electron chi connectivity index (χ4n) is 5.95. The van der Waals surface area contributed by atoms with E-state index in [0.717, 1.165) is 29.7 Å². The van der Waals surface area contributed by atoms with E-state index in [2.05, 4.69) is 29.5 Å². The van der Waals surface area contributed by atoms with Crippen molar-refractivity contribution in [3.8, 4) is 0 Å². The Kier molecular flexibility index (Phi) is 7.13. The van der Waals surface area contributed by atoms with Crippen molar-refractivity contribution in [2.24, 2.45) is 4.99 Å². The van der Waals surface area contributed by atoms with E-state index in [1.54, 1.807) is 6.20 Å². The molecule has 3 aliphatic heterocycles. The molecule has 41 heavy (non-hydrogen) atoms. The number of hydrogen-bond acceptors (Lipinski definition) is 9. The Morgan fingerprint density at radius 2 is 1.88 bits per heavy atom. The standard InChI is InChI=1S/C31H36N6O4/c1-4-37-28(39)22-11-10-21(16-24(22)30(37,2)3)33-29-32-17-23(27-36-31(19-41-27)12-14-40-15-13-31)26(35-29)34-25(18-38)20-8-6-5-7-9-20/h5-11,16-17,25,38H,4,12-15,18-19H2,1-3H3,(H2,32,33,34,35)/t25-/m1/s1. The molecule has 0 radical (unpaired) electrons. The Balaban J connectivity index is 1.34. The van der Waals surface area contributed by atoms with Crippen LogP contribution in [-0.2, 0) is 15.0 Å². The Hall–Kier alpha value is -4.02. The van der Waals surface area contributed by atoms with E-state index >= 15 is 0 Å². The highest BCUT2D eigenvalue weighted by molar-refractivity contribution is 6.01. The maximum absolute atomic E-state index is 12.9. The second kappa shape index (κ2) is 10.8. The molecule has 1 saturated heterocycles. The number of amides is 1. The number of aliphatic hydroxyl groups is 1. The second-order valence-corrected chi connectivity index (χ2v) is 11.3. The van der Waals surface area contributed by atoms with Crippen molar-refractivity contribution in [2.75, 3.05) is 43.6 Å². The average molecular weight is 557 g/mol. The van der Waals surface area contributed by atoms with Crippen molar-refractivity contribution in [3.63, 3.8) is 0 Å². The van der Waals surface area contributed by atoms with Gasteiger partial charge in [-0.15, -0.1) is 0 Å². The van der Waals surface area contributed by atoms with Gasteiger partial charge >= 0.3 is 0 Å². The third kappa shape index (κ3) is 5.02.